The lowest BCUT2D eigenvalue weighted by molar-refractivity contribution is -0.389. The Morgan fingerprint density at radius 3 is 2.25 bits per heavy atom. The standard InChI is InChI=1S/C7H7F3IN3O2/c1-3(2)13-6(11)4(14(15)16)5(12-13)7(8,9)10/h3H,1-2H3. The second kappa shape index (κ2) is 4.18. The average Bonchev–Trinajstić information content (AvgIpc) is 2.41. The van der Waals surface area contributed by atoms with Crippen molar-refractivity contribution in [3.8, 4) is 0 Å². The molecule has 9 heteroatoms. The van der Waals surface area contributed by atoms with Crippen LogP contribution in [0.15, 0.2) is 0 Å². The van der Waals surface area contributed by atoms with Gasteiger partial charge in [-0.2, -0.15) is 18.3 Å². The summed E-state index contributed by atoms with van der Waals surface area (Å²) < 4.78 is 38.3. The van der Waals surface area contributed by atoms with Crippen LogP contribution in [-0.4, -0.2) is 14.7 Å². The summed E-state index contributed by atoms with van der Waals surface area (Å²) in [4.78, 5) is 9.51. The topological polar surface area (TPSA) is 61.0 Å². The Morgan fingerprint density at radius 2 is 2.00 bits per heavy atom. The fourth-order valence-electron chi connectivity index (χ4n) is 1.10. The fourth-order valence-corrected chi connectivity index (χ4v) is 2.22. The molecule has 1 heterocycles. The number of rotatable bonds is 2. The van der Waals surface area contributed by atoms with Crippen molar-refractivity contribution in [1.82, 2.24) is 9.78 Å². The molecule has 90 valence electrons. The third kappa shape index (κ3) is 2.28. The van der Waals surface area contributed by atoms with E-state index in [1.807, 2.05) is 0 Å². The molecule has 1 rings (SSSR count). The molecule has 0 saturated carbocycles. The van der Waals surface area contributed by atoms with E-state index < -0.39 is 22.5 Å². The maximum atomic E-state index is 12.5. The average molecular weight is 349 g/mol. The summed E-state index contributed by atoms with van der Waals surface area (Å²) >= 11 is 1.49. The summed E-state index contributed by atoms with van der Waals surface area (Å²) in [5, 5.41) is 13.8. The maximum Gasteiger partial charge on any atom is 0.442 e. The number of nitrogens with zero attached hydrogens (tertiary/aromatic N) is 3. The van der Waals surface area contributed by atoms with E-state index >= 15 is 0 Å². The van der Waals surface area contributed by atoms with Crippen LogP contribution >= 0.6 is 22.6 Å². The molecule has 0 fully saturated rings. The normalized spacial score (nSPS) is 12.2. The molecule has 0 aliphatic heterocycles. The van der Waals surface area contributed by atoms with Gasteiger partial charge in [-0.3, -0.25) is 10.1 Å². The highest BCUT2D eigenvalue weighted by Gasteiger charge is 2.44. The van der Waals surface area contributed by atoms with Gasteiger partial charge in [0.15, 0.2) is 3.70 Å². The van der Waals surface area contributed by atoms with Crippen molar-refractivity contribution >= 4 is 28.3 Å². The van der Waals surface area contributed by atoms with E-state index in [1.54, 1.807) is 13.8 Å². The highest BCUT2D eigenvalue weighted by Crippen LogP contribution is 2.38. The summed E-state index contributed by atoms with van der Waals surface area (Å²) in [6.45, 7) is 3.19. The quantitative estimate of drug-likeness (QED) is 0.469. The molecule has 0 spiro atoms. The van der Waals surface area contributed by atoms with E-state index in [4.69, 9.17) is 0 Å². The molecule has 0 N–H and O–H groups in total. The van der Waals surface area contributed by atoms with Crippen LogP contribution < -0.4 is 0 Å². The van der Waals surface area contributed by atoms with E-state index in [0.29, 0.717) is 0 Å². The van der Waals surface area contributed by atoms with Gasteiger partial charge in [-0.05, 0) is 36.4 Å². The first-order valence-electron chi connectivity index (χ1n) is 4.15. The molecule has 1 aromatic heterocycles. The zero-order valence-corrected chi connectivity index (χ0v) is 10.4. The third-order valence-corrected chi connectivity index (χ3v) is 2.77. The summed E-state index contributed by atoms with van der Waals surface area (Å²) in [5.41, 5.74) is -2.43. The predicted octanol–water partition coefficient (Wildman–Crippen LogP) is 3.00. The Bertz CT molecular complexity index is 427. The molecule has 0 radical (unpaired) electrons. The fraction of sp³-hybridized carbons (Fsp3) is 0.571. The van der Waals surface area contributed by atoms with Crippen LogP contribution in [0.4, 0.5) is 18.9 Å². The van der Waals surface area contributed by atoms with Crippen molar-refractivity contribution in [2.45, 2.75) is 26.1 Å². The summed E-state index contributed by atoms with van der Waals surface area (Å²) in [5.74, 6) is 0. The first kappa shape index (κ1) is 13.2. The first-order valence-corrected chi connectivity index (χ1v) is 5.23. The van der Waals surface area contributed by atoms with Gasteiger partial charge in [0.1, 0.15) is 0 Å². The predicted molar refractivity (Wildman–Crippen MR) is 57.0 cm³/mol. The largest absolute Gasteiger partial charge is 0.442 e. The summed E-state index contributed by atoms with van der Waals surface area (Å²) in [6, 6.07) is -0.373. The molecule has 1 aromatic rings. The van der Waals surface area contributed by atoms with Gasteiger partial charge in [0.05, 0.1) is 4.92 Å². The van der Waals surface area contributed by atoms with Gasteiger partial charge in [-0.15, -0.1) is 0 Å². The van der Waals surface area contributed by atoms with E-state index in [0.717, 1.165) is 4.68 Å². The zero-order chi connectivity index (χ0) is 12.7. The molecule has 5 nitrogen and oxygen atoms in total. The Hall–Kier alpha value is -0.870. The number of halogens is 4. The van der Waals surface area contributed by atoms with Crippen molar-refractivity contribution < 1.29 is 18.1 Å². The minimum absolute atomic E-state index is 0.120. The summed E-state index contributed by atoms with van der Waals surface area (Å²) in [7, 11) is 0. The van der Waals surface area contributed by atoms with E-state index in [9.17, 15) is 23.3 Å². The summed E-state index contributed by atoms with van der Waals surface area (Å²) in [6.07, 6.45) is -4.82. The van der Waals surface area contributed by atoms with Gasteiger partial charge < -0.3 is 0 Å². The van der Waals surface area contributed by atoms with Crippen LogP contribution in [0.25, 0.3) is 0 Å². The number of nitro groups is 1. The monoisotopic (exact) mass is 349 g/mol. The number of hydrogen-bond acceptors (Lipinski definition) is 3. The van der Waals surface area contributed by atoms with Gasteiger partial charge in [0.25, 0.3) is 0 Å². The van der Waals surface area contributed by atoms with Crippen LogP contribution in [0, 0.1) is 13.8 Å². The molecule has 0 unspecified atom stereocenters. The smallest absolute Gasteiger partial charge is 0.258 e. The van der Waals surface area contributed by atoms with Crippen LogP contribution in [0.5, 0.6) is 0 Å². The maximum absolute atomic E-state index is 12.5. The van der Waals surface area contributed by atoms with Gasteiger partial charge in [0.2, 0.25) is 5.69 Å². The molecule has 0 aliphatic rings. The SMILES string of the molecule is CC(C)n1nc(C(F)(F)F)c([N+](=O)[O-])c1I. The number of aromatic nitrogens is 2. The van der Waals surface area contributed by atoms with Gasteiger partial charge >= 0.3 is 11.9 Å². The zero-order valence-electron chi connectivity index (χ0n) is 8.25. The lowest BCUT2D eigenvalue weighted by Gasteiger charge is -2.05. The second-order valence-corrected chi connectivity index (χ2v) is 4.30. The number of hydrogen-bond donors (Lipinski definition) is 0. The van der Waals surface area contributed by atoms with Crippen molar-refractivity contribution in [1.29, 1.82) is 0 Å². The Morgan fingerprint density at radius 1 is 1.50 bits per heavy atom. The third-order valence-electron chi connectivity index (χ3n) is 1.77. The molecule has 16 heavy (non-hydrogen) atoms. The number of alkyl halides is 3. The van der Waals surface area contributed by atoms with Crippen LogP contribution in [0.1, 0.15) is 25.6 Å². The minimum Gasteiger partial charge on any atom is -0.258 e. The van der Waals surface area contributed by atoms with Crippen LogP contribution in [0.2, 0.25) is 0 Å². The Kier molecular flexibility index (Phi) is 3.45. The van der Waals surface area contributed by atoms with Gasteiger partial charge in [-0.1, -0.05) is 0 Å². The van der Waals surface area contributed by atoms with Crippen molar-refractivity contribution in [2.75, 3.05) is 0 Å². The molecular weight excluding hydrogens is 342 g/mol. The first-order chi connectivity index (χ1) is 7.16. The van der Waals surface area contributed by atoms with E-state index in [1.165, 1.54) is 22.6 Å². The van der Waals surface area contributed by atoms with Crippen LogP contribution in [0.3, 0.4) is 0 Å². The Balaban J connectivity index is 3.50. The van der Waals surface area contributed by atoms with Gasteiger partial charge in [0, 0.05) is 6.04 Å². The second-order valence-electron chi connectivity index (χ2n) is 3.28. The van der Waals surface area contributed by atoms with Crippen LogP contribution in [-0.2, 0) is 6.18 Å². The molecule has 0 aliphatic carbocycles. The molecule has 0 saturated heterocycles. The lowest BCUT2D eigenvalue weighted by Crippen LogP contribution is -2.10. The molecule has 0 atom stereocenters. The van der Waals surface area contributed by atoms with E-state index in [-0.39, 0.29) is 9.74 Å². The Labute approximate surface area is 102 Å². The van der Waals surface area contributed by atoms with Gasteiger partial charge in [-0.25, -0.2) is 4.68 Å². The highest BCUT2D eigenvalue weighted by atomic mass is 127. The van der Waals surface area contributed by atoms with Crippen molar-refractivity contribution in [3.05, 3.63) is 19.5 Å². The minimum atomic E-state index is -4.82. The van der Waals surface area contributed by atoms with Crippen molar-refractivity contribution in [3.63, 3.8) is 0 Å². The van der Waals surface area contributed by atoms with Crippen molar-refractivity contribution in [2.24, 2.45) is 0 Å². The molecule has 0 amide bonds. The molecule has 0 bridgehead atoms. The highest BCUT2D eigenvalue weighted by molar-refractivity contribution is 14.1. The van der Waals surface area contributed by atoms with E-state index in [2.05, 4.69) is 5.10 Å². The molecule has 0 aromatic carbocycles. The lowest BCUT2D eigenvalue weighted by atomic mass is 10.3. The molecular formula is C7H7F3IN3O2.